The van der Waals surface area contributed by atoms with Crippen LogP contribution in [-0.2, 0) is 26.5 Å². The molecule has 0 bridgehead atoms. The average molecular weight is 442 g/mol. The fourth-order valence-electron chi connectivity index (χ4n) is 5.29. The summed E-state index contributed by atoms with van der Waals surface area (Å²) in [5, 5.41) is 6.51. The summed E-state index contributed by atoms with van der Waals surface area (Å²) in [4.78, 5) is 41.5. The molecule has 0 aliphatic carbocycles. The Labute approximate surface area is 183 Å². The molecule has 1 spiro atoms. The molecule has 0 unspecified atom stereocenters. The molecule has 160 valence electrons. The third kappa shape index (κ3) is 2.69. The lowest BCUT2D eigenvalue weighted by molar-refractivity contribution is -0.143. The van der Waals surface area contributed by atoms with E-state index in [2.05, 4.69) is 10.6 Å². The molecule has 3 aliphatic heterocycles. The van der Waals surface area contributed by atoms with E-state index in [0.29, 0.717) is 21.8 Å². The zero-order valence-electron chi connectivity index (χ0n) is 17.0. The van der Waals surface area contributed by atoms with Gasteiger partial charge in [-0.15, -0.1) is 0 Å². The minimum atomic E-state index is -1.49. The Morgan fingerprint density at radius 2 is 1.87 bits per heavy atom. The Morgan fingerprint density at radius 1 is 1.13 bits per heavy atom. The number of amides is 3. The van der Waals surface area contributed by atoms with E-state index >= 15 is 0 Å². The summed E-state index contributed by atoms with van der Waals surface area (Å²) in [5.74, 6) is -3.45. The van der Waals surface area contributed by atoms with Crippen LogP contribution in [0.4, 0.5) is 10.1 Å². The lowest BCUT2D eigenvalue weighted by atomic mass is 9.76. The van der Waals surface area contributed by atoms with Crippen molar-refractivity contribution in [3.8, 4) is 0 Å². The van der Waals surface area contributed by atoms with Gasteiger partial charge in [-0.25, -0.2) is 4.39 Å². The summed E-state index contributed by atoms with van der Waals surface area (Å²) < 4.78 is 14.2. The first-order valence-electron chi connectivity index (χ1n) is 10.2. The van der Waals surface area contributed by atoms with Gasteiger partial charge < -0.3 is 5.32 Å². The molecule has 4 atom stereocenters. The molecular formula is C23H21ClFN3O3. The fraction of sp³-hybridized carbons (Fsp3) is 0.348. The topological polar surface area (TPSA) is 78.5 Å². The number of nitrogens with one attached hydrogen (secondary N) is 2. The van der Waals surface area contributed by atoms with Crippen molar-refractivity contribution in [1.82, 2.24) is 10.2 Å². The van der Waals surface area contributed by atoms with Crippen molar-refractivity contribution in [2.75, 3.05) is 5.32 Å². The van der Waals surface area contributed by atoms with Crippen LogP contribution in [0.25, 0.3) is 0 Å². The van der Waals surface area contributed by atoms with Crippen LogP contribution in [0.1, 0.15) is 25.0 Å². The number of carbonyl (C=O) groups excluding carboxylic acids is 3. The number of hydrogen-bond acceptors (Lipinski definition) is 4. The van der Waals surface area contributed by atoms with E-state index in [1.807, 2.05) is 13.8 Å². The molecule has 2 aromatic carbocycles. The molecule has 5 rings (SSSR count). The molecule has 8 heteroatoms. The lowest BCUT2D eigenvalue weighted by Gasteiger charge is -2.30. The molecule has 3 heterocycles. The fourth-order valence-corrected chi connectivity index (χ4v) is 5.49. The van der Waals surface area contributed by atoms with Crippen molar-refractivity contribution in [2.24, 2.45) is 17.8 Å². The number of hydrogen-bond donors (Lipinski definition) is 2. The minimum Gasteiger partial charge on any atom is -0.324 e. The Morgan fingerprint density at radius 3 is 2.58 bits per heavy atom. The van der Waals surface area contributed by atoms with Crippen LogP contribution >= 0.6 is 11.6 Å². The van der Waals surface area contributed by atoms with Crippen LogP contribution in [0.3, 0.4) is 0 Å². The van der Waals surface area contributed by atoms with Gasteiger partial charge in [0, 0.05) is 22.3 Å². The number of anilines is 1. The highest BCUT2D eigenvalue weighted by atomic mass is 35.5. The van der Waals surface area contributed by atoms with Gasteiger partial charge in [0.1, 0.15) is 11.4 Å². The molecule has 31 heavy (non-hydrogen) atoms. The van der Waals surface area contributed by atoms with Gasteiger partial charge >= 0.3 is 0 Å². The van der Waals surface area contributed by atoms with E-state index in [1.165, 1.54) is 23.1 Å². The predicted octanol–water partition coefficient (Wildman–Crippen LogP) is 3.06. The highest BCUT2D eigenvalue weighted by molar-refractivity contribution is 6.31. The minimum absolute atomic E-state index is 0.0306. The quantitative estimate of drug-likeness (QED) is 0.717. The zero-order chi connectivity index (χ0) is 22.1. The number of likely N-dealkylation sites (tertiary alicyclic amines) is 1. The normalized spacial score (nSPS) is 29.1. The van der Waals surface area contributed by atoms with Gasteiger partial charge in [0.25, 0.3) is 0 Å². The standard InChI is InChI=1S/C23H21ClFN3O3/c1-11(2)19-17-18(21(30)28(20(17)29)10-12-5-3-4-6-15(12)24)23(27-19)14-9-13(25)7-8-16(14)26-22(23)31/h3-9,11,17-19,27H,10H2,1-2H3,(H,26,31)/t17-,18-,19-,23-/m0/s1. The van der Waals surface area contributed by atoms with Crippen molar-refractivity contribution in [3.63, 3.8) is 0 Å². The van der Waals surface area contributed by atoms with E-state index in [9.17, 15) is 18.8 Å². The number of fused-ring (bicyclic) bond motifs is 4. The van der Waals surface area contributed by atoms with Gasteiger partial charge in [-0.2, -0.15) is 0 Å². The number of nitrogens with zero attached hydrogens (tertiary/aromatic N) is 1. The Bertz CT molecular complexity index is 1140. The van der Waals surface area contributed by atoms with E-state index in [1.54, 1.807) is 24.3 Å². The first-order valence-corrected chi connectivity index (χ1v) is 10.6. The molecule has 0 radical (unpaired) electrons. The number of halogens is 2. The van der Waals surface area contributed by atoms with Crippen molar-refractivity contribution in [3.05, 3.63) is 64.4 Å². The van der Waals surface area contributed by atoms with Crippen molar-refractivity contribution in [2.45, 2.75) is 32.0 Å². The van der Waals surface area contributed by atoms with Crippen molar-refractivity contribution < 1.29 is 18.8 Å². The summed E-state index contributed by atoms with van der Waals surface area (Å²) in [6.45, 7) is 3.89. The largest absolute Gasteiger partial charge is 0.324 e. The van der Waals surface area contributed by atoms with Crippen LogP contribution in [0.15, 0.2) is 42.5 Å². The Hall–Kier alpha value is -2.77. The number of carbonyl (C=O) groups is 3. The lowest BCUT2D eigenvalue weighted by Crippen LogP contribution is -2.53. The zero-order valence-corrected chi connectivity index (χ0v) is 17.7. The molecular weight excluding hydrogens is 421 g/mol. The molecule has 2 aromatic rings. The number of benzene rings is 2. The summed E-state index contributed by atoms with van der Waals surface area (Å²) in [6, 6.07) is 10.6. The molecule has 3 aliphatic rings. The maximum absolute atomic E-state index is 14.2. The second-order valence-electron chi connectivity index (χ2n) is 8.72. The molecule has 0 saturated carbocycles. The van der Waals surface area contributed by atoms with E-state index in [4.69, 9.17) is 11.6 Å². The third-order valence-corrected chi connectivity index (χ3v) is 7.08. The molecule has 2 N–H and O–H groups in total. The summed E-state index contributed by atoms with van der Waals surface area (Å²) in [5.41, 5.74) is -0.0153. The van der Waals surface area contributed by atoms with Gasteiger partial charge in [0.2, 0.25) is 17.7 Å². The van der Waals surface area contributed by atoms with Crippen molar-refractivity contribution in [1.29, 1.82) is 0 Å². The van der Waals surface area contributed by atoms with E-state index in [-0.39, 0.29) is 18.4 Å². The number of imide groups is 1. The Kier molecular flexibility index (Phi) is 4.46. The summed E-state index contributed by atoms with van der Waals surface area (Å²) in [7, 11) is 0. The van der Waals surface area contributed by atoms with Gasteiger partial charge in [-0.1, -0.05) is 43.6 Å². The SMILES string of the molecule is CC(C)[C@@H]1N[C@]2(C(=O)Nc3ccc(F)cc32)[C@@H]2C(=O)N(Cc3ccccc3Cl)C(=O)[C@@H]21. The van der Waals surface area contributed by atoms with Crippen molar-refractivity contribution >= 4 is 35.0 Å². The highest BCUT2D eigenvalue weighted by Gasteiger charge is 2.70. The molecule has 3 amide bonds. The summed E-state index contributed by atoms with van der Waals surface area (Å²) in [6.07, 6.45) is 0. The smallest absolute Gasteiger partial charge is 0.250 e. The van der Waals surface area contributed by atoms with Gasteiger partial charge in [-0.3, -0.25) is 24.6 Å². The van der Waals surface area contributed by atoms with E-state index < -0.39 is 41.0 Å². The van der Waals surface area contributed by atoms with Crippen LogP contribution in [0.5, 0.6) is 0 Å². The maximum atomic E-state index is 14.2. The first kappa shape index (κ1) is 20.2. The number of rotatable bonds is 3. The van der Waals surface area contributed by atoms with Crippen LogP contribution in [0, 0.1) is 23.6 Å². The van der Waals surface area contributed by atoms with Crippen LogP contribution in [-0.4, -0.2) is 28.7 Å². The highest BCUT2D eigenvalue weighted by Crippen LogP contribution is 2.54. The molecule has 2 fully saturated rings. The predicted molar refractivity (Wildman–Crippen MR) is 112 cm³/mol. The second kappa shape index (κ2) is 6.87. The third-order valence-electron chi connectivity index (χ3n) is 6.71. The molecule has 2 saturated heterocycles. The second-order valence-corrected chi connectivity index (χ2v) is 9.13. The maximum Gasteiger partial charge on any atom is 0.250 e. The van der Waals surface area contributed by atoms with Gasteiger partial charge in [0.05, 0.1) is 18.4 Å². The van der Waals surface area contributed by atoms with Crippen LogP contribution in [0.2, 0.25) is 5.02 Å². The monoisotopic (exact) mass is 441 g/mol. The Balaban J connectivity index is 1.63. The summed E-state index contributed by atoms with van der Waals surface area (Å²) >= 11 is 6.26. The molecule has 0 aromatic heterocycles. The van der Waals surface area contributed by atoms with E-state index in [0.717, 1.165) is 0 Å². The molecule has 6 nitrogen and oxygen atoms in total. The van der Waals surface area contributed by atoms with Gasteiger partial charge in [-0.05, 0) is 35.7 Å². The van der Waals surface area contributed by atoms with Crippen LogP contribution < -0.4 is 10.6 Å². The average Bonchev–Trinajstić information content (AvgIpc) is 3.31. The first-order chi connectivity index (χ1) is 14.8. The van der Waals surface area contributed by atoms with Gasteiger partial charge in [0.15, 0.2) is 0 Å².